The fourth-order valence-electron chi connectivity index (χ4n) is 2.84. The second kappa shape index (κ2) is 3.53. The smallest absolute Gasteiger partial charge is 0.126 e. The average molecular weight is 204 g/mol. The van der Waals surface area contributed by atoms with Crippen molar-refractivity contribution in [3.05, 3.63) is 28.8 Å². The molecule has 1 N–H and O–H groups in total. The highest BCUT2D eigenvalue weighted by atomic mass is 16.5. The Morgan fingerprint density at radius 3 is 3.13 bits per heavy atom. The van der Waals surface area contributed by atoms with E-state index >= 15 is 0 Å². The van der Waals surface area contributed by atoms with Crippen molar-refractivity contribution in [2.45, 2.75) is 31.6 Å². The maximum atomic E-state index is 9.35. The molecule has 0 spiro atoms. The van der Waals surface area contributed by atoms with Gasteiger partial charge >= 0.3 is 0 Å². The summed E-state index contributed by atoms with van der Waals surface area (Å²) in [6.07, 6.45) is 4.46. The molecule has 1 aromatic rings. The topological polar surface area (TPSA) is 29.5 Å². The molecule has 1 aliphatic heterocycles. The number of fused-ring (bicyclic) bond motifs is 3. The summed E-state index contributed by atoms with van der Waals surface area (Å²) in [5.74, 6) is 1.47. The molecule has 0 radical (unpaired) electrons. The fraction of sp³-hybridized carbons (Fsp3) is 0.538. The minimum Gasteiger partial charge on any atom is -0.493 e. The van der Waals surface area contributed by atoms with Gasteiger partial charge in [-0.05, 0) is 36.0 Å². The van der Waals surface area contributed by atoms with Crippen LogP contribution in [0.4, 0.5) is 0 Å². The summed E-state index contributed by atoms with van der Waals surface area (Å²) in [5, 5.41) is 9.35. The largest absolute Gasteiger partial charge is 0.493 e. The average Bonchev–Trinajstić information content (AvgIpc) is 2.76. The zero-order valence-electron chi connectivity index (χ0n) is 8.83. The van der Waals surface area contributed by atoms with Crippen LogP contribution in [0.3, 0.4) is 0 Å². The SMILES string of the molecule is OC[C@@H]1CCCc2c1ccc1c2OCC1. The second-order valence-electron chi connectivity index (χ2n) is 4.49. The number of rotatable bonds is 1. The van der Waals surface area contributed by atoms with E-state index in [1.807, 2.05) is 0 Å². The maximum Gasteiger partial charge on any atom is 0.126 e. The van der Waals surface area contributed by atoms with Crippen LogP contribution in [-0.4, -0.2) is 18.3 Å². The highest BCUT2D eigenvalue weighted by Crippen LogP contribution is 2.40. The first-order valence-corrected chi connectivity index (χ1v) is 5.78. The normalized spacial score (nSPS) is 23.1. The number of ether oxygens (including phenoxy) is 1. The van der Waals surface area contributed by atoms with E-state index in [0.29, 0.717) is 5.92 Å². The van der Waals surface area contributed by atoms with Gasteiger partial charge in [0.1, 0.15) is 5.75 Å². The van der Waals surface area contributed by atoms with Crippen LogP contribution < -0.4 is 4.74 Å². The standard InChI is InChI=1S/C13H16O2/c14-8-10-2-1-3-12-11(10)5-4-9-6-7-15-13(9)12/h4-5,10,14H,1-3,6-8H2/t10-/m0/s1. The zero-order chi connectivity index (χ0) is 10.3. The molecule has 15 heavy (non-hydrogen) atoms. The van der Waals surface area contributed by atoms with Crippen molar-refractivity contribution in [2.24, 2.45) is 0 Å². The van der Waals surface area contributed by atoms with Crippen LogP contribution in [0, 0.1) is 0 Å². The monoisotopic (exact) mass is 204 g/mol. The van der Waals surface area contributed by atoms with Gasteiger partial charge in [-0.25, -0.2) is 0 Å². The number of hydrogen-bond acceptors (Lipinski definition) is 2. The Morgan fingerprint density at radius 1 is 1.33 bits per heavy atom. The third kappa shape index (κ3) is 1.36. The zero-order valence-corrected chi connectivity index (χ0v) is 8.83. The first kappa shape index (κ1) is 9.22. The van der Waals surface area contributed by atoms with Crippen LogP contribution in [-0.2, 0) is 12.8 Å². The van der Waals surface area contributed by atoms with Gasteiger partial charge in [-0.1, -0.05) is 12.1 Å². The summed E-state index contributed by atoms with van der Waals surface area (Å²) in [6, 6.07) is 4.37. The van der Waals surface area contributed by atoms with Crippen molar-refractivity contribution in [2.75, 3.05) is 13.2 Å². The lowest BCUT2D eigenvalue weighted by Gasteiger charge is -2.25. The van der Waals surface area contributed by atoms with E-state index in [4.69, 9.17) is 4.74 Å². The van der Waals surface area contributed by atoms with Gasteiger partial charge in [-0.15, -0.1) is 0 Å². The Labute approximate surface area is 89.9 Å². The fourth-order valence-corrected chi connectivity index (χ4v) is 2.84. The van der Waals surface area contributed by atoms with Gasteiger partial charge in [0.15, 0.2) is 0 Å². The molecule has 0 saturated carbocycles. The van der Waals surface area contributed by atoms with E-state index in [0.717, 1.165) is 31.6 Å². The quantitative estimate of drug-likeness (QED) is 0.758. The number of hydrogen-bond donors (Lipinski definition) is 1. The molecule has 1 aromatic carbocycles. The second-order valence-corrected chi connectivity index (χ2v) is 4.49. The minimum absolute atomic E-state index is 0.270. The molecular formula is C13H16O2. The highest BCUT2D eigenvalue weighted by Gasteiger charge is 2.26. The Hall–Kier alpha value is -1.02. The summed E-state index contributed by atoms with van der Waals surface area (Å²) in [6.45, 7) is 1.10. The Kier molecular flexibility index (Phi) is 2.17. The van der Waals surface area contributed by atoms with Gasteiger partial charge in [0, 0.05) is 18.9 Å². The van der Waals surface area contributed by atoms with E-state index in [-0.39, 0.29) is 6.61 Å². The molecule has 0 unspecified atom stereocenters. The van der Waals surface area contributed by atoms with E-state index in [1.165, 1.54) is 23.1 Å². The minimum atomic E-state index is 0.270. The molecule has 0 amide bonds. The first-order valence-electron chi connectivity index (χ1n) is 5.78. The van der Waals surface area contributed by atoms with Crippen LogP contribution in [0.25, 0.3) is 0 Å². The van der Waals surface area contributed by atoms with Crippen molar-refractivity contribution in [3.63, 3.8) is 0 Å². The van der Waals surface area contributed by atoms with E-state index in [2.05, 4.69) is 12.1 Å². The molecule has 1 atom stereocenters. The molecule has 1 aliphatic carbocycles. The van der Waals surface area contributed by atoms with E-state index in [9.17, 15) is 5.11 Å². The lowest BCUT2D eigenvalue weighted by Crippen LogP contribution is -2.13. The summed E-state index contributed by atoms with van der Waals surface area (Å²) >= 11 is 0. The van der Waals surface area contributed by atoms with Crippen LogP contribution in [0.5, 0.6) is 5.75 Å². The number of benzene rings is 1. The van der Waals surface area contributed by atoms with Crippen LogP contribution >= 0.6 is 0 Å². The Morgan fingerprint density at radius 2 is 2.27 bits per heavy atom. The third-order valence-electron chi connectivity index (χ3n) is 3.64. The van der Waals surface area contributed by atoms with Gasteiger partial charge < -0.3 is 9.84 Å². The van der Waals surface area contributed by atoms with Crippen LogP contribution in [0.15, 0.2) is 12.1 Å². The van der Waals surface area contributed by atoms with Gasteiger partial charge in [0.25, 0.3) is 0 Å². The summed E-state index contributed by atoms with van der Waals surface area (Å²) < 4.78 is 5.71. The molecule has 0 bridgehead atoms. The van der Waals surface area contributed by atoms with E-state index in [1.54, 1.807) is 0 Å². The van der Waals surface area contributed by atoms with Crippen molar-refractivity contribution in [3.8, 4) is 5.75 Å². The van der Waals surface area contributed by atoms with Crippen molar-refractivity contribution >= 4 is 0 Å². The van der Waals surface area contributed by atoms with Gasteiger partial charge in [0.05, 0.1) is 6.61 Å². The maximum absolute atomic E-state index is 9.35. The highest BCUT2D eigenvalue weighted by molar-refractivity contribution is 5.50. The predicted molar refractivity (Wildman–Crippen MR) is 58.4 cm³/mol. The van der Waals surface area contributed by atoms with Crippen LogP contribution in [0.1, 0.15) is 35.4 Å². The lowest BCUT2D eigenvalue weighted by atomic mass is 9.82. The molecule has 2 aliphatic rings. The van der Waals surface area contributed by atoms with E-state index < -0.39 is 0 Å². The lowest BCUT2D eigenvalue weighted by molar-refractivity contribution is 0.251. The molecule has 0 aromatic heterocycles. The van der Waals surface area contributed by atoms with Gasteiger partial charge in [-0.2, -0.15) is 0 Å². The molecular weight excluding hydrogens is 188 g/mol. The van der Waals surface area contributed by atoms with Crippen LogP contribution in [0.2, 0.25) is 0 Å². The first-order chi connectivity index (χ1) is 7.40. The molecule has 2 nitrogen and oxygen atoms in total. The third-order valence-corrected chi connectivity index (χ3v) is 3.64. The molecule has 1 heterocycles. The number of aliphatic hydroxyl groups excluding tert-OH is 1. The van der Waals surface area contributed by atoms with Crippen molar-refractivity contribution < 1.29 is 9.84 Å². The van der Waals surface area contributed by atoms with Gasteiger partial charge in [0.2, 0.25) is 0 Å². The van der Waals surface area contributed by atoms with Crippen molar-refractivity contribution in [1.82, 2.24) is 0 Å². The van der Waals surface area contributed by atoms with Gasteiger partial charge in [-0.3, -0.25) is 0 Å². The molecule has 0 saturated heterocycles. The molecule has 2 heteroatoms. The summed E-state index contributed by atoms with van der Waals surface area (Å²) in [7, 11) is 0. The summed E-state index contributed by atoms with van der Waals surface area (Å²) in [4.78, 5) is 0. The van der Waals surface area contributed by atoms with Crippen molar-refractivity contribution in [1.29, 1.82) is 0 Å². The molecule has 80 valence electrons. The Balaban J connectivity index is 2.11. The molecule has 0 fully saturated rings. The number of aliphatic hydroxyl groups is 1. The Bertz CT molecular complexity index is 384. The molecule has 3 rings (SSSR count). The summed E-state index contributed by atoms with van der Waals surface area (Å²) in [5.41, 5.74) is 4.05. The predicted octanol–water partition coefficient (Wildman–Crippen LogP) is 2.03.